The first-order valence-electron chi connectivity index (χ1n) is 6.37. The molecule has 0 spiro atoms. The number of anilines is 1. The number of piperidine rings is 1. The van der Waals surface area contributed by atoms with E-state index in [2.05, 4.69) is 26.8 Å². The van der Waals surface area contributed by atoms with Crippen LogP contribution in [0.15, 0.2) is 0 Å². The molecule has 2 heterocycles. The van der Waals surface area contributed by atoms with Gasteiger partial charge in [0.05, 0.1) is 0 Å². The van der Waals surface area contributed by atoms with Crippen molar-refractivity contribution in [3.63, 3.8) is 0 Å². The molecule has 96 valence electrons. The third-order valence-electron chi connectivity index (χ3n) is 3.41. The highest BCUT2D eigenvalue weighted by atomic mass is 32.1. The van der Waals surface area contributed by atoms with Crippen LogP contribution < -0.4 is 11.3 Å². The van der Waals surface area contributed by atoms with Gasteiger partial charge in [0, 0.05) is 24.1 Å². The molecule has 0 bridgehead atoms. The van der Waals surface area contributed by atoms with Crippen molar-refractivity contribution in [2.45, 2.75) is 51.6 Å². The molecule has 0 radical (unpaired) electrons. The van der Waals surface area contributed by atoms with Crippen LogP contribution in [0.3, 0.4) is 0 Å². The first-order valence-corrected chi connectivity index (χ1v) is 7.14. The Morgan fingerprint density at radius 3 is 3.18 bits per heavy atom. The number of nitrogen functional groups attached to an aromatic ring is 1. The lowest BCUT2D eigenvalue weighted by Gasteiger charge is -2.35. The first-order chi connectivity index (χ1) is 8.35. The fraction of sp³-hybridized carbons (Fsp3) is 0.818. The van der Waals surface area contributed by atoms with E-state index in [1.807, 2.05) is 0 Å². The summed E-state index contributed by atoms with van der Waals surface area (Å²) in [6, 6.07) is 0.709. The number of hydrazine groups is 1. The number of rotatable bonds is 5. The predicted molar refractivity (Wildman–Crippen MR) is 70.7 cm³/mol. The predicted octanol–water partition coefficient (Wildman–Crippen LogP) is 1.98. The highest BCUT2D eigenvalue weighted by Crippen LogP contribution is 2.25. The number of nitrogens with two attached hydrogens (primary N) is 1. The molecule has 1 fully saturated rings. The highest BCUT2D eigenvalue weighted by Gasteiger charge is 2.23. The summed E-state index contributed by atoms with van der Waals surface area (Å²) in [6.07, 6.45) is 6.50. The molecule has 3 N–H and O–H groups in total. The van der Waals surface area contributed by atoms with Gasteiger partial charge in [0.2, 0.25) is 0 Å². The molecule has 1 aromatic rings. The maximum absolute atomic E-state index is 5.46. The van der Waals surface area contributed by atoms with Crippen molar-refractivity contribution in [1.82, 2.24) is 14.5 Å². The summed E-state index contributed by atoms with van der Waals surface area (Å²) in [5, 5.41) is 5.05. The second kappa shape index (κ2) is 6.28. The number of nitrogens with zero attached hydrogens (tertiary/aromatic N) is 3. The van der Waals surface area contributed by atoms with E-state index in [1.165, 1.54) is 50.2 Å². The Bertz CT molecular complexity index is 338. The molecule has 0 aliphatic carbocycles. The van der Waals surface area contributed by atoms with Gasteiger partial charge in [0.15, 0.2) is 0 Å². The standard InChI is InChI=1S/C11H21N5S/c1-2-5-9-6-3-4-7-16(9)8-10-11(13-12)17-15-14-10/h9,13H,2-8,12H2,1H3. The number of hydrogen-bond acceptors (Lipinski definition) is 6. The van der Waals surface area contributed by atoms with Crippen molar-refractivity contribution in [3.8, 4) is 0 Å². The molecule has 0 saturated carbocycles. The molecule has 1 aliphatic heterocycles. The van der Waals surface area contributed by atoms with E-state index < -0.39 is 0 Å². The van der Waals surface area contributed by atoms with E-state index in [-0.39, 0.29) is 0 Å². The summed E-state index contributed by atoms with van der Waals surface area (Å²) >= 11 is 1.33. The molecule has 1 saturated heterocycles. The smallest absolute Gasteiger partial charge is 0.148 e. The minimum absolute atomic E-state index is 0.709. The molecule has 0 amide bonds. The summed E-state index contributed by atoms with van der Waals surface area (Å²) in [6.45, 7) is 4.30. The first kappa shape index (κ1) is 12.7. The van der Waals surface area contributed by atoms with Crippen molar-refractivity contribution >= 4 is 16.5 Å². The monoisotopic (exact) mass is 255 g/mol. The van der Waals surface area contributed by atoms with Gasteiger partial charge in [0.1, 0.15) is 10.7 Å². The molecule has 6 heteroatoms. The van der Waals surface area contributed by atoms with Gasteiger partial charge >= 0.3 is 0 Å². The Hall–Kier alpha value is -0.720. The average molecular weight is 255 g/mol. The van der Waals surface area contributed by atoms with Crippen molar-refractivity contribution in [1.29, 1.82) is 0 Å². The van der Waals surface area contributed by atoms with E-state index in [0.29, 0.717) is 6.04 Å². The minimum atomic E-state index is 0.709. The molecule has 1 unspecified atom stereocenters. The molecule has 1 aliphatic rings. The lowest BCUT2D eigenvalue weighted by atomic mass is 9.98. The third-order valence-corrected chi connectivity index (χ3v) is 4.11. The highest BCUT2D eigenvalue weighted by molar-refractivity contribution is 7.10. The Labute approximate surface area is 107 Å². The van der Waals surface area contributed by atoms with Gasteiger partial charge < -0.3 is 5.43 Å². The van der Waals surface area contributed by atoms with Crippen LogP contribution in [0.25, 0.3) is 0 Å². The van der Waals surface area contributed by atoms with Crippen LogP contribution in [0.5, 0.6) is 0 Å². The van der Waals surface area contributed by atoms with Gasteiger partial charge in [0.25, 0.3) is 0 Å². The van der Waals surface area contributed by atoms with Gasteiger partial charge in [-0.15, -0.1) is 5.10 Å². The zero-order valence-electron chi connectivity index (χ0n) is 10.4. The molecule has 1 aromatic heterocycles. The molecule has 2 rings (SSSR count). The number of hydrogen-bond donors (Lipinski definition) is 2. The fourth-order valence-electron chi connectivity index (χ4n) is 2.54. The summed E-state index contributed by atoms with van der Waals surface area (Å²) in [5.74, 6) is 5.46. The van der Waals surface area contributed by atoms with Crippen LogP contribution in [-0.4, -0.2) is 27.1 Å². The van der Waals surface area contributed by atoms with Crippen molar-refractivity contribution in [2.75, 3.05) is 12.0 Å². The largest absolute Gasteiger partial charge is 0.313 e. The molecular formula is C11H21N5S. The van der Waals surface area contributed by atoms with Gasteiger partial charge in [-0.3, -0.25) is 4.90 Å². The molecular weight excluding hydrogens is 234 g/mol. The Balaban J connectivity index is 2.00. The van der Waals surface area contributed by atoms with Crippen LogP contribution in [-0.2, 0) is 6.54 Å². The van der Waals surface area contributed by atoms with Crippen molar-refractivity contribution in [2.24, 2.45) is 5.84 Å². The van der Waals surface area contributed by atoms with Gasteiger partial charge in [-0.2, -0.15) is 0 Å². The summed E-state index contributed by atoms with van der Waals surface area (Å²) in [7, 11) is 0. The Morgan fingerprint density at radius 2 is 2.41 bits per heavy atom. The van der Waals surface area contributed by atoms with Crippen LogP contribution >= 0.6 is 11.5 Å². The molecule has 1 atom stereocenters. The zero-order chi connectivity index (χ0) is 12.1. The number of nitrogens with one attached hydrogen (secondary N) is 1. The lowest BCUT2D eigenvalue weighted by molar-refractivity contribution is 0.130. The van der Waals surface area contributed by atoms with Gasteiger partial charge in [-0.1, -0.05) is 24.3 Å². The zero-order valence-corrected chi connectivity index (χ0v) is 11.2. The quantitative estimate of drug-likeness (QED) is 0.622. The number of aromatic nitrogens is 2. The second-order valence-electron chi connectivity index (χ2n) is 4.60. The van der Waals surface area contributed by atoms with Crippen LogP contribution in [0.1, 0.15) is 44.7 Å². The SMILES string of the molecule is CCCC1CCCCN1Cc1nnsc1NN. The lowest BCUT2D eigenvalue weighted by Crippen LogP contribution is -2.39. The maximum Gasteiger partial charge on any atom is 0.148 e. The summed E-state index contributed by atoms with van der Waals surface area (Å²) in [4.78, 5) is 2.53. The molecule has 0 aromatic carbocycles. The van der Waals surface area contributed by atoms with E-state index in [0.717, 1.165) is 17.2 Å². The summed E-state index contributed by atoms with van der Waals surface area (Å²) in [5.41, 5.74) is 3.67. The number of likely N-dealkylation sites (tertiary alicyclic amines) is 1. The van der Waals surface area contributed by atoms with Gasteiger partial charge in [-0.25, -0.2) is 5.84 Å². The van der Waals surface area contributed by atoms with Crippen LogP contribution in [0.2, 0.25) is 0 Å². The topological polar surface area (TPSA) is 67.1 Å². The van der Waals surface area contributed by atoms with Crippen LogP contribution in [0.4, 0.5) is 5.00 Å². The maximum atomic E-state index is 5.46. The Kier molecular flexibility index (Phi) is 4.70. The van der Waals surface area contributed by atoms with E-state index in [4.69, 9.17) is 5.84 Å². The normalized spacial score (nSPS) is 21.6. The minimum Gasteiger partial charge on any atom is -0.313 e. The van der Waals surface area contributed by atoms with E-state index >= 15 is 0 Å². The fourth-order valence-corrected chi connectivity index (χ4v) is 3.03. The van der Waals surface area contributed by atoms with Crippen LogP contribution in [0, 0.1) is 0 Å². The average Bonchev–Trinajstić information content (AvgIpc) is 2.79. The summed E-state index contributed by atoms with van der Waals surface area (Å²) < 4.78 is 3.95. The van der Waals surface area contributed by atoms with E-state index in [1.54, 1.807) is 0 Å². The molecule has 5 nitrogen and oxygen atoms in total. The second-order valence-corrected chi connectivity index (χ2v) is 5.36. The van der Waals surface area contributed by atoms with Crippen molar-refractivity contribution < 1.29 is 0 Å². The third kappa shape index (κ3) is 3.14. The van der Waals surface area contributed by atoms with Crippen molar-refractivity contribution in [3.05, 3.63) is 5.69 Å². The van der Waals surface area contributed by atoms with E-state index in [9.17, 15) is 0 Å². The molecule has 17 heavy (non-hydrogen) atoms. The Morgan fingerprint density at radius 1 is 1.53 bits per heavy atom. The van der Waals surface area contributed by atoms with Gasteiger partial charge in [-0.05, 0) is 25.8 Å².